The summed E-state index contributed by atoms with van der Waals surface area (Å²) in [4.78, 5) is 0. The van der Waals surface area contributed by atoms with E-state index >= 15 is 0 Å². The van der Waals surface area contributed by atoms with Crippen LogP contribution in [0.15, 0.2) is 0 Å². The minimum atomic E-state index is 1.50. The zero-order valence-corrected chi connectivity index (χ0v) is 19.1. The predicted octanol–water partition coefficient (Wildman–Crippen LogP) is 10.5. The van der Waals surface area contributed by atoms with E-state index in [-0.39, 0.29) is 0 Å². The topological polar surface area (TPSA) is 0 Å². The van der Waals surface area contributed by atoms with Gasteiger partial charge in [-0.05, 0) is 0 Å². The molecule has 0 radical (unpaired) electrons. The van der Waals surface area contributed by atoms with E-state index in [1.165, 1.54) is 173 Å². The molecule has 27 heavy (non-hydrogen) atoms. The van der Waals surface area contributed by atoms with Crippen molar-refractivity contribution in [2.24, 2.45) is 0 Å². The van der Waals surface area contributed by atoms with Crippen LogP contribution >= 0.6 is 0 Å². The maximum Gasteiger partial charge on any atom is -0.0533 e. The molecule has 7 rings (SSSR count). The van der Waals surface area contributed by atoms with E-state index in [0.29, 0.717) is 0 Å². The van der Waals surface area contributed by atoms with Crippen molar-refractivity contribution in [3.8, 4) is 0 Å². The minimum Gasteiger partial charge on any atom is -0.0533 e. The highest BCUT2D eigenvalue weighted by atomic mass is 14.0. The van der Waals surface area contributed by atoms with Gasteiger partial charge in [-0.3, -0.25) is 0 Å². The van der Waals surface area contributed by atoms with Crippen molar-refractivity contribution >= 4 is 0 Å². The summed E-state index contributed by atoms with van der Waals surface area (Å²) < 4.78 is 0. The van der Waals surface area contributed by atoms with Crippen LogP contribution in [0.25, 0.3) is 0 Å². The Morgan fingerprint density at radius 3 is 0.111 bits per heavy atom. The first kappa shape index (κ1) is 25.0. The van der Waals surface area contributed by atoms with Gasteiger partial charge in [0.05, 0.1) is 0 Å². The summed E-state index contributed by atoms with van der Waals surface area (Å²) in [6.07, 6.45) is 40.5. The number of rotatable bonds is 0. The highest BCUT2D eigenvalue weighted by molar-refractivity contribution is 4.53. The van der Waals surface area contributed by atoms with Crippen LogP contribution in [-0.4, -0.2) is 0 Å². The molecule has 0 saturated heterocycles. The molecule has 0 aromatic heterocycles. The lowest BCUT2D eigenvalue weighted by Gasteiger charge is -2.05. The summed E-state index contributed by atoms with van der Waals surface area (Å²) in [6.45, 7) is 0. The van der Waals surface area contributed by atoms with Crippen LogP contribution in [-0.2, 0) is 0 Å². The van der Waals surface area contributed by atoms with Crippen LogP contribution < -0.4 is 0 Å². The molecule has 0 amide bonds. The van der Waals surface area contributed by atoms with Crippen molar-refractivity contribution in [3.05, 3.63) is 0 Å². The van der Waals surface area contributed by atoms with Gasteiger partial charge < -0.3 is 0 Å². The van der Waals surface area contributed by atoms with E-state index in [2.05, 4.69) is 0 Å². The second-order valence-corrected chi connectivity index (χ2v) is 9.55. The first-order valence-electron chi connectivity index (χ1n) is 13.5. The van der Waals surface area contributed by atoms with Crippen molar-refractivity contribution in [1.29, 1.82) is 0 Å². The van der Waals surface area contributed by atoms with Crippen LogP contribution in [0.2, 0.25) is 0 Å². The third kappa shape index (κ3) is 24.0. The highest BCUT2D eigenvalue weighted by Crippen LogP contribution is 2.17. The third-order valence-corrected chi connectivity index (χ3v) is 6.35. The Morgan fingerprint density at radius 2 is 0.111 bits per heavy atom. The smallest absolute Gasteiger partial charge is 0.0533 e. The molecule has 7 saturated carbocycles. The fourth-order valence-corrected chi connectivity index (χ4v) is 1.50. The van der Waals surface area contributed by atoms with E-state index in [1.54, 1.807) is 0 Å². The Kier molecular flexibility index (Phi) is 20.7. The molecule has 0 aromatic rings. The summed E-state index contributed by atoms with van der Waals surface area (Å²) in [5.74, 6) is 0. The molecule has 0 bridgehead atoms. The first-order chi connectivity index (χ1) is 13.5. The van der Waals surface area contributed by atoms with E-state index in [1.807, 2.05) is 0 Å². The minimum absolute atomic E-state index is 1.50. The quantitative estimate of drug-likeness (QED) is 0.393. The van der Waals surface area contributed by atoms with Gasteiger partial charge in [0.15, 0.2) is 0 Å². The van der Waals surface area contributed by atoms with Crippen molar-refractivity contribution in [3.63, 3.8) is 0 Å². The fourth-order valence-electron chi connectivity index (χ4n) is 1.50. The van der Waals surface area contributed by atoms with Gasteiger partial charge in [0.1, 0.15) is 0 Å². The lowest BCUT2D eigenvalue weighted by atomic mass is 10.0. The molecule has 7 fully saturated rings. The standard InChI is InChI=1S/6C4H8.C3H6/c6*1-2-4-3-1;1-2-3-1/h6*1-4H2;1-3H2. The van der Waals surface area contributed by atoms with E-state index < -0.39 is 0 Å². The molecule has 0 aliphatic heterocycles. The Labute approximate surface area is 173 Å². The molecular formula is C27H54. The maximum absolute atomic E-state index is 1.50. The molecule has 0 N–H and O–H groups in total. The molecule has 0 spiro atoms. The van der Waals surface area contributed by atoms with E-state index in [9.17, 15) is 0 Å². The summed E-state index contributed by atoms with van der Waals surface area (Å²) in [6, 6.07) is 0. The summed E-state index contributed by atoms with van der Waals surface area (Å²) in [7, 11) is 0. The Hall–Kier alpha value is 0. The molecule has 7 aliphatic carbocycles. The number of hydrogen-bond acceptors (Lipinski definition) is 0. The van der Waals surface area contributed by atoms with Gasteiger partial charge in [0.25, 0.3) is 0 Å². The Balaban J connectivity index is 0.000000158. The summed E-state index contributed by atoms with van der Waals surface area (Å²) in [5.41, 5.74) is 0. The van der Waals surface area contributed by atoms with Gasteiger partial charge >= 0.3 is 0 Å². The molecule has 0 heteroatoms. The molecule has 7 aliphatic rings. The summed E-state index contributed by atoms with van der Waals surface area (Å²) in [5, 5.41) is 0. The summed E-state index contributed by atoms with van der Waals surface area (Å²) >= 11 is 0. The SMILES string of the molecule is C1CC1.C1CCC1.C1CCC1.C1CCC1.C1CCC1.C1CCC1.C1CCC1. The molecule has 162 valence electrons. The Morgan fingerprint density at radius 1 is 0.0741 bits per heavy atom. The van der Waals surface area contributed by atoms with Gasteiger partial charge in [-0.15, -0.1) is 0 Å². The van der Waals surface area contributed by atoms with Crippen LogP contribution in [0.4, 0.5) is 0 Å². The van der Waals surface area contributed by atoms with Gasteiger partial charge in [-0.25, -0.2) is 0 Å². The fraction of sp³-hybridized carbons (Fsp3) is 1.00. The average molecular weight is 379 g/mol. The first-order valence-corrected chi connectivity index (χ1v) is 13.5. The normalized spacial score (nSPS) is 24.0. The van der Waals surface area contributed by atoms with Gasteiger partial charge in [0, 0.05) is 0 Å². The van der Waals surface area contributed by atoms with E-state index in [4.69, 9.17) is 0 Å². The van der Waals surface area contributed by atoms with Crippen molar-refractivity contribution < 1.29 is 0 Å². The van der Waals surface area contributed by atoms with Crippen LogP contribution in [0.1, 0.15) is 173 Å². The monoisotopic (exact) mass is 378 g/mol. The van der Waals surface area contributed by atoms with Gasteiger partial charge in [-0.1, -0.05) is 173 Å². The molecule has 0 aromatic carbocycles. The lowest BCUT2D eigenvalue weighted by molar-refractivity contribution is 0.504. The van der Waals surface area contributed by atoms with Crippen LogP contribution in [0, 0.1) is 0 Å². The van der Waals surface area contributed by atoms with Crippen LogP contribution in [0.5, 0.6) is 0 Å². The largest absolute Gasteiger partial charge is 0.0533 e. The third-order valence-electron chi connectivity index (χ3n) is 6.35. The van der Waals surface area contributed by atoms with Crippen LogP contribution in [0.3, 0.4) is 0 Å². The lowest BCUT2D eigenvalue weighted by Crippen LogP contribution is -1.85. The maximum atomic E-state index is 1.50. The molecule has 0 nitrogen and oxygen atoms in total. The highest BCUT2D eigenvalue weighted by Gasteiger charge is 1.97. The molecule has 0 atom stereocenters. The van der Waals surface area contributed by atoms with Crippen molar-refractivity contribution in [1.82, 2.24) is 0 Å². The average Bonchev–Trinajstić information content (AvgIpc) is 2.95. The zero-order chi connectivity index (χ0) is 19.1. The molecule has 0 heterocycles. The van der Waals surface area contributed by atoms with Crippen molar-refractivity contribution in [2.75, 3.05) is 0 Å². The second kappa shape index (κ2) is 22.3. The Bertz CT molecular complexity index is 142. The van der Waals surface area contributed by atoms with E-state index in [0.717, 1.165) is 0 Å². The molecule has 0 unspecified atom stereocenters. The zero-order valence-electron chi connectivity index (χ0n) is 19.1. The van der Waals surface area contributed by atoms with Crippen molar-refractivity contribution in [2.45, 2.75) is 173 Å². The van der Waals surface area contributed by atoms with Gasteiger partial charge in [-0.2, -0.15) is 0 Å². The number of hydrogen-bond donors (Lipinski definition) is 0. The second-order valence-electron chi connectivity index (χ2n) is 9.55. The predicted molar refractivity (Wildman–Crippen MR) is 125 cm³/mol. The van der Waals surface area contributed by atoms with Gasteiger partial charge in [0.2, 0.25) is 0 Å². The molecular weight excluding hydrogens is 324 g/mol.